The third-order valence-corrected chi connectivity index (χ3v) is 3.75. The normalized spacial score (nSPS) is 12.7. The molecule has 0 atom stereocenters. The Kier molecular flexibility index (Phi) is 3.82. The fraction of sp³-hybridized carbons (Fsp3) is 0.357. The van der Waals surface area contributed by atoms with E-state index in [1.807, 2.05) is 20.8 Å². The second-order valence-electron chi connectivity index (χ2n) is 5.74. The number of hydrogen-bond donors (Lipinski definition) is 1. The number of halogens is 4. The zero-order valence-electron chi connectivity index (χ0n) is 11.7. The molecule has 0 amide bonds. The van der Waals surface area contributed by atoms with E-state index >= 15 is 0 Å². The molecule has 2 rings (SSSR count). The smallest absolute Gasteiger partial charge is 0.293 e. The molecule has 0 saturated heterocycles. The Hall–Kier alpha value is -1.50. The van der Waals surface area contributed by atoms with E-state index in [9.17, 15) is 18.0 Å². The van der Waals surface area contributed by atoms with E-state index in [0.717, 1.165) is 16.8 Å². The molecule has 114 valence electrons. The van der Waals surface area contributed by atoms with Crippen molar-refractivity contribution in [3.05, 3.63) is 50.3 Å². The van der Waals surface area contributed by atoms with Gasteiger partial charge in [-0.15, -0.1) is 0 Å². The molecule has 0 saturated carbocycles. The Bertz CT molecular complexity index is 723. The van der Waals surface area contributed by atoms with Crippen LogP contribution >= 0.6 is 15.9 Å². The maximum Gasteiger partial charge on any atom is 0.416 e. The summed E-state index contributed by atoms with van der Waals surface area (Å²) in [5.74, 6) is 0. The highest BCUT2D eigenvalue weighted by atomic mass is 79.9. The molecule has 3 nitrogen and oxygen atoms in total. The molecule has 0 radical (unpaired) electrons. The number of aromatic amines is 1. The van der Waals surface area contributed by atoms with Gasteiger partial charge in [0, 0.05) is 5.41 Å². The summed E-state index contributed by atoms with van der Waals surface area (Å²) in [6.07, 6.45) is -4.45. The van der Waals surface area contributed by atoms with E-state index in [1.165, 1.54) is 12.1 Å². The highest BCUT2D eigenvalue weighted by Crippen LogP contribution is 2.31. The van der Waals surface area contributed by atoms with Gasteiger partial charge in [0.25, 0.3) is 5.56 Å². The monoisotopic (exact) mass is 362 g/mol. The van der Waals surface area contributed by atoms with Crippen molar-refractivity contribution in [3.63, 3.8) is 0 Å². The van der Waals surface area contributed by atoms with Gasteiger partial charge in [-0.2, -0.15) is 13.2 Å². The SMILES string of the molecule is CC(C)(C)c1[nH]n(-c2cccc(C(F)(F)F)c2)c(=O)c1Br. The number of nitrogens with zero attached hydrogens (tertiary/aromatic N) is 1. The summed E-state index contributed by atoms with van der Waals surface area (Å²) in [4.78, 5) is 12.2. The van der Waals surface area contributed by atoms with Gasteiger partial charge in [0.15, 0.2) is 0 Å². The van der Waals surface area contributed by atoms with Crippen molar-refractivity contribution in [2.45, 2.75) is 32.4 Å². The lowest BCUT2D eigenvalue weighted by atomic mass is 9.93. The molecule has 21 heavy (non-hydrogen) atoms. The molecule has 0 fully saturated rings. The molecule has 0 bridgehead atoms. The highest BCUT2D eigenvalue weighted by Gasteiger charge is 2.31. The van der Waals surface area contributed by atoms with Crippen molar-refractivity contribution in [1.29, 1.82) is 0 Å². The predicted octanol–water partition coefficient (Wildman–Crippen LogP) is 4.24. The Morgan fingerprint density at radius 2 is 1.81 bits per heavy atom. The third-order valence-electron chi connectivity index (χ3n) is 3.02. The molecular weight excluding hydrogens is 349 g/mol. The van der Waals surface area contributed by atoms with Crippen molar-refractivity contribution in [3.8, 4) is 5.69 Å². The van der Waals surface area contributed by atoms with Gasteiger partial charge < -0.3 is 0 Å². The Balaban J connectivity index is 2.61. The number of benzene rings is 1. The predicted molar refractivity (Wildman–Crippen MR) is 77.8 cm³/mol. The van der Waals surface area contributed by atoms with Crippen LogP contribution in [0.3, 0.4) is 0 Å². The Morgan fingerprint density at radius 3 is 2.29 bits per heavy atom. The summed E-state index contributed by atoms with van der Waals surface area (Å²) in [6.45, 7) is 5.71. The number of rotatable bonds is 1. The molecule has 1 N–H and O–H groups in total. The minimum absolute atomic E-state index is 0.144. The maximum absolute atomic E-state index is 12.8. The number of alkyl halides is 3. The van der Waals surface area contributed by atoms with Crippen molar-refractivity contribution in [2.75, 3.05) is 0 Å². The van der Waals surface area contributed by atoms with Crippen molar-refractivity contribution < 1.29 is 13.2 Å². The molecule has 0 spiro atoms. The summed E-state index contributed by atoms with van der Waals surface area (Å²) in [6, 6.07) is 4.64. The van der Waals surface area contributed by atoms with Gasteiger partial charge in [0.2, 0.25) is 0 Å². The first-order valence-electron chi connectivity index (χ1n) is 6.20. The second kappa shape index (κ2) is 5.05. The van der Waals surface area contributed by atoms with E-state index in [1.54, 1.807) is 0 Å². The first-order valence-corrected chi connectivity index (χ1v) is 7.00. The van der Waals surface area contributed by atoms with E-state index in [2.05, 4.69) is 21.0 Å². The Morgan fingerprint density at radius 1 is 1.19 bits per heavy atom. The van der Waals surface area contributed by atoms with Gasteiger partial charge >= 0.3 is 6.18 Å². The van der Waals surface area contributed by atoms with Gasteiger partial charge in [0.1, 0.15) is 4.47 Å². The zero-order valence-corrected chi connectivity index (χ0v) is 13.3. The van der Waals surface area contributed by atoms with Crippen LogP contribution in [0, 0.1) is 0 Å². The molecule has 0 aliphatic rings. The summed E-state index contributed by atoms with van der Waals surface area (Å²) >= 11 is 3.21. The number of nitrogens with one attached hydrogen (secondary N) is 1. The third kappa shape index (κ3) is 3.07. The van der Waals surface area contributed by atoms with Crippen molar-refractivity contribution in [1.82, 2.24) is 9.78 Å². The molecule has 2 aromatic rings. The number of hydrogen-bond acceptors (Lipinski definition) is 1. The minimum atomic E-state index is -4.45. The molecule has 1 aromatic heterocycles. The summed E-state index contributed by atoms with van der Waals surface area (Å²) in [5, 5.41) is 2.87. The largest absolute Gasteiger partial charge is 0.416 e. The van der Waals surface area contributed by atoms with E-state index in [-0.39, 0.29) is 11.1 Å². The second-order valence-corrected chi connectivity index (χ2v) is 6.53. The van der Waals surface area contributed by atoms with E-state index < -0.39 is 17.3 Å². The summed E-state index contributed by atoms with van der Waals surface area (Å²) in [7, 11) is 0. The van der Waals surface area contributed by atoms with Gasteiger partial charge in [-0.1, -0.05) is 26.8 Å². The van der Waals surface area contributed by atoms with E-state index in [0.29, 0.717) is 10.2 Å². The molecule has 0 aliphatic heterocycles. The average Bonchev–Trinajstić information content (AvgIpc) is 2.65. The molecule has 1 aromatic carbocycles. The zero-order chi connectivity index (χ0) is 16.0. The Labute approximate surface area is 127 Å². The van der Waals surface area contributed by atoms with Gasteiger partial charge in [-0.3, -0.25) is 9.89 Å². The van der Waals surface area contributed by atoms with Crippen LogP contribution < -0.4 is 5.56 Å². The van der Waals surface area contributed by atoms with Crippen LogP contribution in [0.25, 0.3) is 5.69 Å². The summed E-state index contributed by atoms with van der Waals surface area (Å²) < 4.78 is 39.7. The lowest BCUT2D eigenvalue weighted by molar-refractivity contribution is -0.137. The molecule has 7 heteroatoms. The minimum Gasteiger partial charge on any atom is -0.293 e. The quantitative estimate of drug-likeness (QED) is 0.809. The van der Waals surface area contributed by atoms with Crippen LogP contribution in [0.4, 0.5) is 13.2 Å². The van der Waals surface area contributed by atoms with Gasteiger partial charge in [0.05, 0.1) is 16.9 Å². The first kappa shape index (κ1) is 15.9. The first-order chi connectivity index (χ1) is 9.51. The fourth-order valence-electron chi connectivity index (χ4n) is 1.92. The maximum atomic E-state index is 12.8. The van der Waals surface area contributed by atoms with Gasteiger partial charge in [-0.25, -0.2) is 4.68 Å². The fourth-order valence-corrected chi connectivity index (χ4v) is 2.78. The van der Waals surface area contributed by atoms with Crippen molar-refractivity contribution >= 4 is 15.9 Å². The van der Waals surface area contributed by atoms with E-state index in [4.69, 9.17) is 0 Å². The van der Waals surface area contributed by atoms with Gasteiger partial charge in [-0.05, 0) is 34.1 Å². The molecule has 0 aliphatic carbocycles. The molecular formula is C14H14BrF3N2O. The lowest BCUT2D eigenvalue weighted by Crippen LogP contribution is -2.16. The van der Waals surface area contributed by atoms with Crippen LogP contribution in [0.1, 0.15) is 32.0 Å². The number of aromatic nitrogens is 2. The topological polar surface area (TPSA) is 37.8 Å². The average molecular weight is 363 g/mol. The van der Waals surface area contributed by atoms with Crippen LogP contribution in [0.15, 0.2) is 33.5 Å². The lowest BCUT2D eigenvalue weighted by Gasteiger charge is -2.16. The molecule has 0 unspecified atom stereocenters. The van der Waals surface area contributed by atoms with Crippen LogP contribution in [0.2, 0.25) is 0 Å². The molecule has 1 heterocycles. The standard InChI is InChI=1S/C14H14BrF3N2O/c1-13(2,3)11-10(15)12(21)20(19-11)9-6-4-5-8(7-9)14(16,17)18/h4-7,19H,1-3H3. The van der Waals surface area contributed by atoms with Crippen LogP contribution in [-0.4, -0.2) is 9.78 Å². The van der Waals surface area contributed by atoms with Crippen molar-refractivity contribution in [2.24, 2.45) is 0 Å². The number of H-pyrrole nitrogens is 1. The summed E-state index contributed by atoms with van der Waals surface area (Å²) in [5.41, 5.74) is -0.782. The van der Waals surface area contributed by atoms with Crippen LogP contribution in [0.5, 0.6) is 0 Å². The highest BCUT2D eigenvalue weighted by molar-refractivity contribution is 9.10. The van der Waals surface area contributed by atoms with Crippen LogP contribution in [-0.2, 0) is 11.6 Å².